The summed E-state index contributed by atoms with van der Waals surface area (Å²) in [6.07, 6.45) is 5.34. The van der Waals surface area contributed by atoms with Gasteiger partial charge in [-0.25, -0.2) is 4.39 Å². The number of nitrogens with one attached hydrogen (secondary N) is 1. The number of benzene rings is 1. The van der Waals surface area contributed by atoms with Gasteiger partial charge < -0.3 is 5.32 Å². The Kier molecular flexibility index (Phi) is 6.18. The first-order valence-corrected chi connectivity index (χ1v) is 9.73. The topological polar surface area (TPSA) is 46.9 Å². The lowest BCUT2D eigenvalue weighted by molar-refractivity contribution is 0.625. The van der Waals surface area contributed by atoms with Crippen molar-refractivity contribution in [2.45, 2.75) is 33.7 Å². The molecule has 0 saturated carbocycles. The van der Waals surface area contributed by atoms with Crippen LogP contribution in [-0.4, -0.2) is 9.55 Å². The number of aromatic nitrogens is 2. The van der Waals surface area contributed by atoms with Crippen molar-refractivity contribution in [1.82, 2.24) is 9.55 Å². The number of halogens is 2. The molecule has 2 heterocycles. The van der Waals surface area contributed by atoms with Crippen LogP contribution in [0.25, 0.3) is 16.8 Å². The van der Waals surface area contributed by atoms with Gasteiger partial charge >= 0.3 is 0 Å². The Bertz CT molecular complexity index is 1230. The summed E-state index contributed by atoms with van der Waals surface area (Å²) in [5, 5.41) is 4.98. The van der Waals surface area contributed by atoms with Gasteiger partial charge in [-0.05, 0) is 68.8 Å². The van der Waals surface area contributed by atoms with Crippen molar-refractivity contribution in [3.05, 3.63) is 86.7 Å². The largest absolute Gasteiger partial charge is 0.377 e. The molecule has 29 heavy (non-hydrogen) atoms. The molecule has 0 aliphatic carbocycles. The van der Waals surface area contributed by atoms with Gasteiger partial charge in [0.05, 0.1) is 16.9 Å². The van der Waals surface area contributed by atoms with Gasteiger partial charge in [-0.3, -0.25) is 14.3 Å². The molecule has 150 valence electrons. The van der Waals surface area contributed by atoms with E-state index in [0.29, 0.717) is 21.6 Å². The van der Waals surface area contributed by atoms with Crippen LogP contribution in [0.4, 0.5) is 10.1 Å². The Morgan fingerprint density at radius 3 is 2.69 bits per heavy atom. The van der Waals surface area contributed by atoms with E-state index in [4.69, 9.17) is 11.6 Å². The molecule has 0 amide bonds. The lowest BCUT2D eigenvalue weighted by Gasteiger charge is -2.22. The molecule has 1 atom stereocenters. The maximum absolute atomic E-state index is 13.9. The first-order valence-electron chi connectivity index (χ1n) is 9.35. The molecular formula is C23H23ClFN3O. The number of anilines is 1. The summed E-state index contributed by atoms with van der Waals surface area (Å²) in [6.45, 7) is 7.46. The molecule has 1 unspecified atom stereocenters. The van der Waals surface area contributed by atoms with Crippen LogP contribution < -0.4 is 21.3 Å². The van der Waals surface area contributed by atoms with Gasteiger partial charge in [0.15, 0.2) is 0 Å². The molecule has 0 saturated heterocycles. The quantitative estimate of drug-likeness (QED) is 0.705. The average Bonchev–Trinajstić information content (AvgIpc) is 2.68. The molecule has 1 N–H and O–H groups in total. The van der Waals surface area contributed by atoms with Crippen molar-refractivity contribution in [2.75, 3.05) is 5.32 Å². The maximum Gasteiger partial charge on any atom is 0.264 e. The number of hydrogen-bond donors (Lipinski definition) is 1. The lowest BCUT2D eigenvalue weighted by Crippen LogP contribution is -2.47. The minimum Gasteiger partial charge on any atom is -0.377 e. The van der Waals surface area contributed by atoms with Gasteiger partial charge in [-0.15, -0.1) is 0 Å². The van der Waals surface area contributed by atoms with E-state index in [1.54, 1.807) is 31.5 Å². The van der Waals surface area contributed by atoms with E-state index in [-0.39, 0.29) is 11.6 Å². The van der Waals surface area contributed by atoms with Gasteiger partial charge in [0, 0.05) is 28.8 Å². The fraction of sp³-hybridized carbons (Fsp3) is 0.217. The number of rotatable bonds is 4. The third-order valence-electron chi connectivity index (χ3n) is 4.83. The molecule has 6 heteroatoms. The second kappa shape index (κ2) is 8.62. The third-order valence-corrected chi connectivity index (χ3v) is 5.01. The summed E-state index contributed by atoms with van der Waals surface area (Å²) < 4.78 is 15.5. The minimum absolute atomic E-state index is 0.240. The fourth-order valence-corrected chi connectivity index (χ4v) is 3.56. The second-order valence-corrected chi connectivity index (χ2v) is 7.47. The van der Waals surface area contributed by atoms with E-state index in [1.165, 1.54) is 16.7 Å². The van der Waals surface area contributed by atoms with Crippen molar-refractivity contribution in [3.63, 3.8) is 0 Å². The van der Waals surface area contributed by atoms with Crippen molar-refractivity contribution >= 4 is 28.4 Å². The molecule has 3 rings (SSSR count). The van der Waals surface area contributed by atoms with Crippen molar-refractivity contribution in [2.24, 2.45) is 0 Å². The Labute approximate surface area is 174 Å². The predicted molar refractivity (Wildman–Crippen MR) is 117 cm³/mol. The van der Waals surface area contributed by atoms with Gasteiger partial charge in [-0.2, -0.15) is 0 Å². The van der Waals surface area contributed by atoms with Crippen LogP contribution in [0.5, 0.6) is 0 Å². The SMILES string of the molecule is CC=c1cc(C(C)Nc2ccncc2C)n(-c2cccc(F)c2)c(=O)c1=C(C)Cl. The molecule has 4 nitrogen and oxygen atoms in total. The van der Waals surface area contributed by atoms with E-state index < -0.39 is 5.82 Å². The van der Waals surface area contributed by atoms with Gasteiger partial charge in [0.2, 0.25) is 0 Å². The van der Waals surface area contributed by atoms with E-state index in [2.05, 4.69) is 10.3 Å². The molecule has 0 aliphatic rings. The number of aryl methyl sites for hydroxylation is 1. The molecule has 0 fully saturated rings. The zero-order chi connectivity index (χ0) is 21.1. The van der Waals surface area contributed by atoms with Crippen LogP contribution in [0.2, 0.25) is 0 Å². The summed E-state index contributed by atoms with van der Waals surface area (Å²) in [5.41, 5.74) is 2.77. The molecule has 0 radical (unpaired) electrons. The van der Waals surface area contributed by atoms with Crippen LogP contribution in [0, 0.1) is 12.7 Å². The maximum atomic E-state index is 13.9. The highest BCUT2D eigenvalue weighted by Crippen LogP contribution is 2.22. The lowest BCUT2D eigenvalue weighted by atomic mass is 10.1. The van der Waals surface area contributed by atoms with Crippen molar-refractivity contribution in [3.8, 4) is 5.69 Å². The van der Waals surface area contributed by atoms with Crippen LogP contribution in [0.1, 0.15) is 38.1 Å². The highest BCUT2D eigenvalue weighted by Gasteiger charge is 2.17. The van der Waals surface area contributed by atoms with E-state index >= 15 is 0 Å². The van der Waals surface area contributed by atoms with Crippen LogP contribution >= 0.6 is 11.6 Å². The van der Waals surface area contributed by atoms with Gasteiger partial charge in [-0.1, -0.05) is 23.7 Å². The molecule has 2 aromatic heterocycles. The summed E-state index contributed by atoms with van der Waals surface area (Å²) in [7, 11) is 0. The summed E-state index contributed by atoms with van der Waals surface area (Å²) >= 11 is 6.25. The summed E-state index contributed by atoms with van der Waals surface area (Å²) in [6, 6.07) is 9.55. The molecule has 0 bridgehead atoms. The number of hydrogen-bond acceptors (Lipinski definition) is 3. The normalized spacial score (nSPS) is 13.9. The fourth-order valence-electron chi connectivity index (χ4n) is 3.37. The molecule has 0 spiro atoms. The first-order chi connectivity index (χ1) is 13.8. The zero-order valence-corrected chi connectivity index (χ0v) is 17.6. The summed E-state index contributed by atoms with van der Waals surface area (Å²) in [4.78, 5) is 17.5. The zero-order valence-electron chi connectivity index (χ0n) is 16.8. The van der Waals surface area contributed by atoms with Crippen LogP contribution in [-0.2, 0) is 0 Å². The second-order valence-electron chi connectivity index (χ2n) is 6.90. The van der Waals surface area contributed by atoms with E-state index in [9.17, 15) is 9.18 Å². The average molecular weight is 412 g/mol. The highest BCUT2D eigenvalue weighted by atomic mass is 35.5. The monoisotopic (exact) mass is 411 g/mol. The molecule has 0 aliphatic heterocycles. The minimum atomic E-state index is -0.412. The standard InChI is InChI=1S/C23H23ClFN3O/c1-5-17-11-21(16(4)27-20-9-10-26-13-14(20)2)28(23(29)22(17)15(3)24)19-8-6-7-18(25)12-19/h5-13,16H,1-4H3,(H,26,27). The third kappa shape index (κ3) is 4.25. The van der Waals surface area contributed by atoms with E-state index in [0.717, 1.165) is 16.5 Å². The van der Waals surface area contributed by atoms with Crippen molar-refractivity contribution < 1.29 is 4.39 Å². The number of pyridine rings is 2. The predicted octanol–water partition coefficient (Wildman–Crippen LogP) is 4.02. The van der Waals surface area contributed by atoms with Crippen LogP contribution in [0.15, 0.2) is 53.6 Å². The Morgan fingerprint density at radius 2 is 2.07 bits per heavy atom. The van der Waals surface area contributed by atoms with Crippen molar-refractivity contribution in [1.29, 1.82) is 0 Å². The smallest absolute Gasteiger partial charge is 0.264 e. The van der Waals surface area contributed by atoms with Gasteiger partial charge in [0.25, 0.3) is 5.56 Å². The first kappa shape index (κ1) is 20.8. The van der Waals surface area contributed by atoms with Gasteiger partial charge in [0.1, 0.15) is 5.82 Å². The molecule has 1 aromatic carbocycles. The highest BCUT2D eigenvalue weighted by molar-refractivity contribution is 6.44. The van der Waals surface area contributed by atoms with E-state index in [1.807, 2.05) is 39.0 Å². The summed E-state index contributed by atoms with van der Waals surface area (Å²) in [5.74, 6) is -0.412. The van der Waals surface area contributed by atoms with Crippen LogP contribution in [0.3, 0.4) is 0 Å². The Morgan fingerprint density at radius 1 is 1.31 bits per heavy atom. The molecule has 3 aromatic rings. The molecular weight excluding hydrogens is 389 g/mol. The number of nitrogens with zero attached hydrogens (tertiary/aromatic N) is 2. The Balaban J connectivity index is 2.31. The Hall–Kier alpha value is -2.92.